The summed E-state index contributed by atoms with van der Waals surface area (Å²) in [5.41, 5.74) is -4.67. The van der Waals surface area contributed by atoms with Gasteiger partial charge in [0.15, 0.2) is 23.1 Å². The van der Waals surface area contributed by atoms with E-state index in [1.807, 2.05) is 4.98 Å². The number of nitrogens with zero attached hydrogens (tertiary/aromatic N) is 2. The Hall–Kier alpha value is -2.63. The molecule has 0 fully saturated rings. The number of aromatic amines is 2. The summed E-state index contributed by atoms with van der Waals surface area (Å²) in [4.78, 5) is 17.3. The van der Waals surface area contributed by atoms with E-state index in [1.165, 1.54) is 0 Å². The van der Waals surface area contributed by atoms with Gasteiger partial charge in [0.05, 0.1) is 5.56 Å². The summed E-state index contributed by atoms with van der Waals surface area (Å²) in [5.74, 6) is -5.23. The molecule has 0 saturated carbocycles. The van der Waals surface area contributed by atoms with Gasteiger partial charge in [-0.05, 0) is 29.9 Å². The van der Waals surface area contributed by atoms with Crippen molar-refractivity contribution in [3.63, 3.8) is 0 Å². The molecule has 0 radical (unpaired) electrons. The lowest BCUT2D eigenvalue weighted by Crippen LogP contribution is -2.19. The van der Waals surface area contributed by atoms with Gasteiger partial charge in [0.25, 0.3) is 0 Å². The van der Waals surface area contributed by atoms with E-state index in [1.54, 1.807) is 5.10 Å². The number of hydrogen-bond acceptors (Lipinski definition) is 3. The van der Waals surface area contributed by atoms with Crippen molar-refractivity contribution in [3.8, 4) is 11.1 Å². The summed E-state index contributed by atoms with van der Waals surface area (Å²) in [5, 5.41) is 1.75. The average Bonchev–Trinajstić information content (AvgIpc) is 2.84. The SMILES string of the molecule is O=c1[nH]c(=S)nc2c(-c3cc(F)c(F)c(F)c3)c(C(F)(F)F)[nH]n12. The Morgan fingerprint density at radius 2 is 1.71 bits per heavy atom. The summed E-state index contributed by atoms with van der Waals surface area (Å²) in [6.45, 7) is 0. The number of fused-ring (bicyclic) bond motifs is 1. The number of rotatable bonds is 1. The largest absolute Gasteiger partial charge is 0.433 e. The zero-order valence-electron chi connectivity index (χ0n) is 11.1. The van der Waals surface area contributed by atoms with Gasteiger partial charge in [0.1, 0.15) is 5.69 Å². The number of benzene rings is 1. The van der Waals surface area contributed by atoms with Crippen LogP contribution in [0.15, 0.2) is 16.9 Å². The lowest BCUT2D eigenvalue weighted by Gasteiger charge is -2.08. The minimum absolute atomic E-state index is 0.364. The molecular formula is C12H4F6N4OS. The molecule has 0 aliphatic heterocycles. The molecule has 0 atom stereocenters. The van der Waals surface area contributed by atoms with Crippen LogP contribution in [0.25, 0.3) is 16.8 Å². The Morgan fingerprint density at radius 3 is 2.25 bits per heavy atom. The summed E-state index contributed by atoms with van der Waals surface area (Å²) in [6, 6.07) is 0.728. The zero-order valence-corrected chi connectivity index (χ0v) is 11.9. The van der Waals surface area contributed by atoms with E-state index in [0.717, 1.165) is 0 Å². The number of halogens is 6. The molecule has 12 heteroatoms. The minimum Gasteiger partial charge on any atom is -0.283 e. The zero-order chi connectivity index (χ0) is 17.8. The molecular weight excluding hydrogens is 362 g/mol. The molecule has 24 heavy (non-hydrogen) atoms. The first-order valence-corrected chi connectivity index (χ1v) is 6.47. The van der Waals surface area contributed by atoms with E-state index >= 15 is 0 Å². The molecule has 3 aromatic rings. The van der Waals surface area contributed by atoms with Crippen molar-refractivity contribution >= 4 is 17.9 Å². The van der Waals surface area contributed by atoms with Crippen molar-refractivity contribution in [2.45, 2.75) is 6.18 Å². The van der Waals surface area contributed by atoms with Crippen LogP contribution in [-0.2, 0) is 6.18 Å². The fraction of sp³-hybridized carbons (Fsp3) is 0.0833. The molecule has 0 aliphatic carbocycles. The second kappa shape index (κ2) is 5.19. The quantitative estimate of drug-likeness (QED) is 0.395. The summed E-state index contributed by atoms with van der Waals surface area (Å²) in [6.07, 6.45) is -5.02. The number of aromatic nitrogens is 4. The van der Waals surface area contributed by atoms with Crippen LogP contribution in [0.1, 0.15) is 5.69 Å². The van der Waals surface area contributed by atoms with E-state index in [0.29, 0.717) is 16.6 Å². The lowest BCUT2D eigenvalue weighted by atomic mass is 10.0. The highest BCUT2D eigenvalue weighted by Crippen LogP contribution is 2.38. The summed E-state index contributed by atoms with van der Waals surface area (Å²) >= 11 is 4.63. The Kier molecular flexibility index (Phi) is 3.51. The van der Waals surface area contributed by atoms with Gasteiger partial charge in [-0.15, -0.1) is 0 Å². The van der Waals surface area contributed by atoms with Crippen LogP contribution in [0.5, 0.6) is 0 Å². The topological polar surface area (TPSA) is 66.0 Å². The second-order valence-corrected chi connectivity index (χ2v) is 5.01. The van der Waals surface area contributed by atoms with Gasteiger partial charge in [-0.1, -0.05) is 0 Å². The molecule has 1 aromatic carbocycles. The average molecular weight is 366 g/mol. The van der Waals surface area contributed by atoms with Crippen LogP contribution in [0, 0.1) is 22.2 Å². The third-order valence-electron chi connectivity index (χ3n) is 3.09. The highest BCUT2D eigenvalue weighted by atomic mass is 32.1. The Bertz CT molecular complexity index is 1060. The van der Waals surface area contributed by atoms with Crippen LogP contribution in [0.3, 0.4) is 0 Å². The van der Waals surface area contributed by atoms with Crippen molar-refractivity contribution in [2.24, 2.45) is 0 Å². The number of H-pyrrole nitrogens is 2. The maximum Gasteiger partial charge on any atom is 0.433 e. The minimum atomic E-state index is -5.02. The van der Waals surface area contributed by atoms with E-state index in [4.69, 9.17) is 0 Å². The van der Waals surface area contributed by atoms with E-state index < -0.39 is 56.6 Å². The molecule has 0 spiro atoms. The highest BCUT2D eigenvalue weighted by Gasteiger charge is 2.38. The van der Waals surface area contributed by atoms with Gasteiger partial charge in [-0.2, -0.15) is 22.7 Å². The number of nitrogens with one attached hydrogen (secondary N) is 2. The third kappa shape index (κ3) is 2.48. The molecule has 0 amide bonds. The lowest BCUT2D eigenvalue weighted by molar-refractivity contribution is -0.140. The van der Waals surface area contributed by atoms with Gasteiger partial charge >= 0.3 is 11.9 Å². The molecule has 0 bridgehead atoms. The summed E-state index contributed by atoms with van der Waals surface area (Å²) < 4.78 is 79.4. The van der Waals surface area contributed by atoms with Gasteiger partial charge in [0, 0.05) is 0 Å². The van der Waals surface area contributed by atoms with Crippen LogP contribution >= 0.6 is 12.2 Å². The molecule has 0 saturated heterocycles. The Labute approximate surface area is 132 Å². The van der Waals surface area contributed by atoms with Crippen molar-refractivity contribution in [2.75, 3.05) is 0 Å². The van der Waals surface area contributed by atoms with E-state index in [9.17, 15) is 31.1 Å². The standard InChI is InChI=1S/C12H4F6N4OS/c13-4-1-3(2-5(14)7(4)15)6-8(12(16,17)18)21-22-9(6)19-10(24)20-11(22)23/h1-2,21H,(H,20,23,24). The monoisotopic (exact) mass is 366 g/mol. The molecule has 0 aliphatic rings. The molecule has 5 nitrogen and oxygen atoms in total. The summed E-state index contributed by atoms with van der Waals surface area (Å²) in [7, 11) is 0. The third-order valence-corrected chi connectivity index (χ3v) is 3.28. The smallest absolute Gasteiger partial charge is 0.283 e. The predicted molar refractivity (Wildman–Crippen MR) is 71.3 cm³/mol. The molecule has 2 aromatic heterocycles. The fourth-order valence-electron chi connectivity index (χ4n) is 2.15. The van der Waals surface area contributed by atoms with E-state index in [-0.39, 0.29) is 0 Å². The molecule has 3 rings (SSSR count). The second-order valence-electron chi connectivity index (χ2n) is 4.62. The first-order chi connectivity index (χ1) is 11.1. The van der Waals surface area contributed by atoms with Crippen molar-refractivity contribution in [1.29, 1.82) is 0 Å². The fourth-order valence-corrected chi connectivity index (χ4v) is 2.32. The van der Waals surface area contributed by atoms with Crippen LogP contribution in [-0.4, -0.2) is 19.6 Å². The predicted octanol–water partition coefficient (Wildman–Crippen LogP) is 3.18. The Morgan fingerprint density at radius 1 is 1.12 bits per heavy atom. The van der Waals surface area contributed by atoms with Gasteiger partial charge in [-0.25, -0.2) is 18.0 Å². The van der Waals surface area contributed by atoms with Gasteiger partial charge in [-0.3, -0.25) is 10.1 Å². The van der Waals surface area contributed by atoms with Crippen molar-refractivity contribution in [3.05, 3.63) is 50.5 Å². The van der Waals surface area contributed by atoms with E-state index in [2.05, 4.69) is 17.2 Å². The Balaban J connectivity index is 2.50. The molecule has 2 N–H and O–H groups in total. The van der Waals surface area contributed by atoms with Crippen molar-refractivity contribution < 1.29 is 26.3 Å². The number of alkyl halides is 3. The van der Waals surface area contributed by atoms with Crippen LogP contribution in [0.4, 0.5) is 26.3 Å². The van der Waals surface area contributed by atoms with Crippen LogP contribution in [0.2, 0.25) is 0 Å². The maximum absolute atomic E-state index is 13.4. The highest BCUT2D eigenvalue weighted by molar-refractivity contribution is 7.71. The van der Waals surface area contributed by atoms with Crippen LogP contribution < -0.4 is 5.69 Å². The maximum atomic E-state index is 13.4. The normalized spacial score (nSPS) is 12.1. The van der Waals surface area contributed by atoms with Crippen molar-refractivity contribution in [1.82, 2.24) is 19.6 Å². The number of hydrogen-bond donors (Lipinski definition) is 2. The first kappa shape index (κ1) is 16.2. The molecule has 126 valence electrons. The van der Waals surface area contributed by atoms with Gasteiger partial charge in [0.2, 0.25) is 4.77 Å². The van der Waals surface area contributed by atoms with Gasteiger partial charge < -0.3 is 0 Å². The molecule has 0 unspecified atom stereocenters. The molecule has 2 heterocycles. The first-order valence-electron chi connectivity index (χ1n) is 6.06.